The molecule has 0 radical (unpaired) electrons. The zero-order valence-corrected chi connectivity index (χ0v) is 27.7. The number of rotatable bonds is 3. The first-order chi connectivity index (χ1) is 25.3. The molecular weight excluding hydrogens is 617 g/mol. The van der Waals surface area contributed by atoms with Crippen molar-refractivity contribution >= 4 is 21.5 Å². The van der Waals surface area contributed by atoms with Crippen LogP contribution in [0.2, 0.25) is 0 Å². The van der Waals surface area contributed by atoms with E-state index in [-0.39, 0.29) is 5.41 Å². The van der Waals surface area contributed by atoms with Crippen LogP contribution in [0.25, 0.3) is 77.4 Å². The van der Waals surface area contributed by atoms with Gasteiger partial charge in [0.25, 0.3) is 0 Å². The summed E-state index contributed by atoms with van der Waals surface area (Å²) in [5, 5.41) is 5.05. The molecule has 0 saturated carbocycles. The molecule has 9 aromatic rings. The van der Waals surface area contributed by atoms with Gasteiger partial charge in [-0.05, 0) is 108 Å². The minimum Gasteiger partial charge on any atom is -0.252 e. The van der Waals surface area contributed by atoms with Crippen LogP contribution in [0.3, 0.4) is 0 Å². The molecule has 2 nitrogen and oxygen atoms in total. The Morgan fingerprint density at radius 2 is 0.765 bits per heavy atom. The summed E-state index contributed by atoms with van der Waals surface area (Å²) in [4.78, 5) is 9.44. The van der Waals surface area contributed by atoms with Crippen LogP contribution in [0.15, 0.2) is 182 Å². The second-order valence-corrected chi connectivity index (χ2v) is 13.8. The van der Waals surface area contributed by atoms with Crippen molar-refractivity contribution in [3.05, 3.63) is 205 Å². The van der Waals surface area contributed by atoms with E-state index in [2.05, 4.69) is 152 Å². The fraction of sp³-hybridized carbons (Fsp3) is 0.0204. The molecule has 0 saturated heterocycles. The number of aromatic nitrogens is 2. The molecule has 0 fully saturated rings. The Kier molecular flexibility index (Phi) is 5.91. The van der Waals surface area contributed by atoms with Gasteiger partial charge in [-0.3, -0.25) is 9.97 Å². The minimum atomic E-state index is -0.384. The second kappa shape index (κ2) is 10.7. The van der Waals surface area contributed by atoms with Gasteiger partial charge in [0.2, 0.25) is 0 Å². The van der Waals surface area contributed by atoms with Crippen molar-refractivity contribution in [2.24, 2.45) is 0 Å². The molecule has 1 heterocycles. The molecule has 0 atom stereocenters. The Bertz CT molecular complexity index is 2790. The molecule has 2 heteroatoms. The zero-order valence-electron chi connectivity index (χ0n) is 27.7. The summed E-state index contributed by atoms with van der Waals surface area (Å²) in [6, 6.07) is 62.4. The third-order valence-electron chi connectivity index (χ3n) is 11.1. The van der Waals surface area contributed by atoms with E-state index in [9.17, 15) is 0 Å². The fourth-order valence-electron chi connectivity index (χ4n) is 8.81. The average Bonchev–Trinajstić information content (AvgIpc) is 3.65. The van der Waals surface area contributed by atoms with Gasteiger partial charge in [-0.25, -0.2) is 0 Å². The molecule has 1 spiro atoms. The Hall–Kier alpha value is -6.64. The Labute approximate surface area is 296 Å². The van der Waals surface area contributed by atoms with Crippen LogP contribution in [0.1, 0.15) is 22.3 Å². The highest BCUT2D eigenvalue weighted by Gasteiger charge is 2.51. The number of hydrogen-bond acceptors (Lipinski definition) is 2. The van der Waals surface area contributed by atoms with Crippen LogP contribution >= 0.6 is 0 Å². The highest BCUT2D eigenvalue weighted by molar-refractivity contribution is 6.03. The Balaban J connectivity index is 1.05. The van der Waals surface area contributed by atoms with Crippen molar-refractivity contribution in [1.29, 1.82) is 0 Å². The van der Waals surface area contributed by atoms with Gasteiger partial charge in [-0.1, -0.05) is 140 Å². The standard InChI is InChI=1S/C49H30N2/c1-2-10-32(11-3-1)47-29-51-48(30-50-47)33-20-18-31(19-21-33)36-22-23-37-26-42-41-25-34-12-4-5-13-35(34)27-45(41)49(46(42)28-38(37)24-36)43-16-8-6-14-39(43)40-15-7-9-17-44(40)49/h1-30H. The molecule has 236 valence electrons. The lowest BCUT2D eigenvalue weighted by molar-refractivity contribution is 0.796. The molecule has 0 N–H and O–H groups in total. The molecule has 51 heavy (non-hydrogen) atoms. The van der Waals surface area contributed by atoms with E-state index in [1.54, 1.807) is 0 Å². The maximum atomic E-state index is 4.74. The molecule has 0 bridgehead atoms. The highest BCUT2D eigenvalue weighted by atomic mass is 14.8. The number of hydrogen-bond donors (Lipinski definition) is 0. The zero-order chi connectivity index (χ0) is 33.5. The third kappa shape index (κ3) is 4.05. The molecule has 0 amide bonds. The van der Waals surface area contributed by atoms with Crippen molar-refractivity contribution in [3.8, 4) is 55.9 Å². The minimum absolute atomic E-state index is 0.384. The summed E-state index contributed by atoms with van der Waals surface area (Å²) < 4.78 is 0. The fourth-order valence-corrected chi connectivity index (χ4v) is 8.81. The summed E-state index contributed by atoms with van der Waals surface area (Å²) >= 11 is 0. The lowest BCUT2D eigenvalue weighted by Gasteiger charge is -2.30. The summed E-state index contributed by atoms with van der Waals surface area (Å²) in [5.41, 5.74) is 16.6. The van der Waals surface area contributed by atoms with E-state index >= 15 is 0 Å². The van der Waals surface area contributed by atoms with Gasteiger partial charge in [0.05, 0.1) is 29.2 Å². The summed E-state index contributed by atoms with van der Waals surface area (Å²) in [6.07, 6.45) is 3.72. The highest BCUT2D eigenvalue weighted by Crippen LogP contribution is 2.63. The number of nitrogens with zero attached hydrogens (tertiary/aromatic N) is 2. The van der Waals surface area contributed by atoms with Gasteiger partial charge in [0, 0.05) is 11.1 Å². The molecule has 2 aliphatic rings. The first-order valence-electron chi connectivity index (χ1n) is 17.6. The van der Waals surface area contributed by atoms with Crippen LogP contribution in [0.5, 0.6) is 0 Å². The molecule has 1 aromatic heterocycles. The van der Waals surface area contributed by atoms with Crippen LogP contribution in [0.4, 0.5) is 0 Å². The monoisotopic (exact) mass is 646 g/mol. The van der Waals surface area contributed by atoms with E-state index in [1.165, 1.54) is 77.2 Å². The normalized spacial score (nSPS) is 13.3. The van der Waals surface area contributed by atoms with E-state index in [0.29, 0.717) is 0 Å². The number of benzene rings is 8. The van der Waals surface area contributed by atoms with E-state index < -0.39 is 0 Å². The molecule has 0 unspecified atom stereocenters. The van der Waals surface area contributed by atoms with E-state index in [4.69, 9.17) is 9.97 Å². The first kappa shape index (κ1) is 28.2. The quantitative estimate of drug-likeness (QED) is 0.191. The third-order valence-corrected chi connectivity index (χ3v) is 11.1. The Morgan fingerprint density at radius 3 is 1.39 bits per heavy atom. The van der Waals surface area contributed by atoms with Crippen molar-refractivity contribution in [3.63, 3.8) is 0 Å². The lowest BCUT2D eigenvalue weighted by atomic mass is 9.70. The van der Waals surface area contributed by atoms with Gasteiger partial charge in [0.1, 0.15) is 0 Å². The van der Waals surface area contributed by atoms with Crippen molar-refractivity contribution < 1.29 is 0 Å². The largest absolute Gasteiger partial charge is 0.252 e. The van der Waals surface area contributed by atoms with Crippen LogP contribution in [0, 0.1) is 0 Å². The van der Waals surface area contributed by atoms with Crippen molar-refractivity contribution in [2.45, 2.75) is 5.41 Å². The van der Waals surface area contributed by atoms with Crippen LogP contribution < -0.4 is 0 Å². The smallest absolute Gasteiger partial charge is 0.0885 e. The summed E-state index contributed by atoms with van der Waals surface area (Å²) in [7, 11) is 0. The van der Waals surface area contributed by atoms with Crippen LogP contribution in [-0.2, 0) is 5.41 Å². The topological polar surface area (TPSA) is 25.8 Å². The molecule has 0 aliphatic heterocycles. The maximum Gasteiger partial charge on any atom is 0.0885 e. The SMILES string of the molecule is c1ccc(-c2cnc(-c3ccc(-c4ccc5cc6c(cc5c4)C4(c5ccccc5-c5ccccc54)c4cc5ccccc5cc4-6)cc3)cn2)cc1. The summed E-state index contributed by atoms with van der Waals surface area (Å²) in [6.45, 7) is 0. The summed E-state index contributed by atoms with van der Waals surface area (Å²) in [5.74, 6) is 0. The van der Waals surface area contributed by atoms with Crippen LogP contribution in [-0.4, -0.2) is 9.97 Å². The Morgan fingerprint density at radius 1 is 0.294 bits per heavy atom. The predicted molar refractivity (Wildman–Crippen MR) is 210 cm³/mol. The molecule has 8 aromatic carbocycles. The molecular formula is C49H30N2. The predicted octanol–water partition coefficient (Wildman–Crippen LogP) is 12.1. The van der Waals surface area contributed by atoms with Gasteiger partial charge >= 0.3 is 0 Å². The molecule has 2 aliphatic carbocycles. The van der Waals surface area contributed by atoms with Gasteiger partial charge < -0.3 is 0 Å². The maximum absolute atomic E-state index is 4.74. The van der Waals surface area contributed by atoms with Crippen molar-refractivity contribution in [2.75, 3.05) is 0 Å². The van der Waals surface area contributed by atoms with Gasteiger partial charge in [-0.2, -0.15) is 0 Å². The molecule has 11 rings (SSSR count). The first-order valence-corrected chi connectivity index (χ1v) is 17.6. The van der Waals surface area contributed by atoms with Gasteiger partial charge in [-0.15, -0.1) is 0 Å². The van der Waals surface area contributed by atoms with Crippen molar-refractivity contribution in [1.82, 2.24) is 9.97 Å². The van der Waals surface area contributed by atoms with E-state index in [0.717, 1.165) is 22.5 Å². The number of fused-ring (bicyclic) bond motifs is 12. The van der Waals surface area contributed by atoms with E-state index in [1.807, 2.05) is 30.6 Å². The lowest BCUT2D eigenvalue weighted by Crippen LogP contribution is -2.25. The second-order valence-electron chi connectivity index (χ2n) is 13.8. The van der Waals surface area contributed by atoms with Gasteiger partial charge in [0.15, 0.2) is 0 Å². The average molecular weight is 647 g/mol.